The molecule has 0 aromatic rings. The first-order valence-electron chi connectivity index (χ1n) is 4.47. The Labute approximate surface area is 69.1 Å². The van der Waals surface area contributed by atoms with Gasteiger partial charge in [0.15, 0.2) is 0 Å². The molecule has 0 fully saturated rings. The van der Waals surface area contributed by atoms with Crippen molar-refractivity contribution in [3.63, 3.8) is 0 Å². The van der Waals surface area contributed by atoms with Crippen LogP contribution in [0, 0.1) is 17.8 Å². The van der Waals surface area contributed by atoms with Crippen LogP contribution in [-0.2, 0) is 0 Å². The first-order chi connectivity index (χ1) is 5.11. The third-order valence-electron chi connectivity index (χ3n) is 2.64. The zero-order valence-corrected chi connectivity index (χ0v) is 7.62. The SMILES string of the molecule is CC(C)C1C=CC(C)C(O)C1. The molecule has 0 aliphatic heterocycles. The summed E-state index contributed by atoms with van der Waals surface area (Å²) >= 11 is 0. The fraction of sp³-hybridized carbons (Fsp3) is 0.800. The Morgan fingerprint density at radius 3 is 2.45 bits per heavy atom. The normalized spacial score (nSPS) is 38.1. The molecule has 0 aromatic heterocycles. The Morgan fingerprint density at radius 2 is 2.00 bits per heavy atom. The van der Waals surface area contributed by atoms with Crippen LogP contribution in [0.4, 0.5) is 0 Å². The third kappa shape index (κ3) is 2.06. The van der Waals surface area contributed by atoms with Gasteiger partial charge in [-0.25, -0.2) is 0 Å². The lowest BCUT2D eigenvalue weighted by Gasteiger charge is -2.28. The van der Waals surface area contributed by atoms with E-state index in [0.29, 0.717) is 17.8 Å². The Balaban J connectivity index is 2.56. The van der Waals surface area contributed by atoms with Gasteiger partial charge in [0.05, 0.1) is 6.10 Å². The highest BCUT2D eigenvalue weighted by Crippen LogP contribution is 2.27. The van der Waals surface area contributed by atoms with Crippen molar-refractivity contribution < 1.29 is 5.11 Å². The zero-order valence-electron chi connectivity index (χ0n) is 7.62. The van der Waals surface area contributed by atoms with Crippen LogP contribution in [0.15, 0.2) is 12.2 Å². The minimum Gasteiger partial charge on any atom is -0.393 e. The number of allylic oxidation sites excluding steroid dienone is 1. The smallest absolute Gasteiger partial charge is 0.0605 e. The minimum atomic E-state index is -0.118. The van der Waals surface area contributed by atoms with Crippen molar-refractivity contribution in [1.82, 2.24) is 0 Å². The van der Waals surface area contributed by atoms with E-state index in [9.17, 15) is 5.11 Å². The molecule has 0 saturated carbocycles. The number of hydrogen-bond acceptors (Lipinski definition) is 1. The lowest BCUT2D eigenvalue weighted by Crippen LogP contribution is -2.25. The van der Waals surface area contributed by atoms with Gasteiger partial charge in [-0.15, -0.1) is 0 Å². The summed E-state index contributed by atoms with van der Waals surface area (Å²) in [4.78, 5) is 0. The second-order valence-corrected chi connectivity index (χ2v) is 3.95. The van der Waals surface area contributed by atoms with Crippen LogP contribution in [-0.4, -0.2) is 11.2 Å². The van der Waals surface area contributed by atoms with Crippen LogP contribution in [0.5, 0.6) is 0 Å². The van der Waals surface area contributed by atoms with Gasteiger partial charge < -0.3 is 5.11 Å². The molecule has 0 heterocycles. The Hall–Kier alpha value is -0.300. The quantitative estimate of drug-likeness (QED) is 0.574. The van der Waals surface area contributed by atoms with E-state index in [1.807, 2.05) is 0 Å². The van der Waals surface area contributed by atoms with Crippen LogP contribution in [0.3, 0.4) is 0 Å². The Bertz CT molecular complexity index is 149. The van der Waals surface area contributed by atoms with E-state index in [4.69, 9.17) is 0 Å². The number of rotatable bonds is 1. The molecule has 0 amide bonds. The summed E-state index contributed by atoms with van der Waals surface area (Å²) in [5, 5.41) is 9.55. The summed E-state index contributed by atoms with van der Waals surface area (Å²) in [7, 11) is 0. The molecule has 1 aliphatic carbocycles. The molecule has 64 valence electrons. The van der Waals surface area contributed by atoms with E-state index in [-0.39, 0.29) is 6.10 Å². The minimum absolute atomic E-state index is 0.118. The third-order valence-corrected chi connectivity index (χ3v) is 2.64. The van der Waals surface area contributed by atoms with E-state index >= 15 is 0 Å². The largest absolute Gasteiger partial charge is 0.393 e. The van der Waals surface area contributed by atoms with Gasteiger partial charge in [0.25, 0.3) is 0 Å². The van der Waals surface area contributed by atoms with Crippen molar-refractivity contribution in [3.8, 4) is 0 Å². The van der Waals surface area contributed by atoms with Crippen molar-refractivity contribution in [2.45, 2.75) is 33.3 Å². The molecular weight excluding hydrogens is 136 g/mol. The molecule has 0 saturated heterocycles. The number of aliphatic hydroxyl groups is 1. The van der Waals surface area contributed by atoms with E-state index < -0.39 is 0 Å². The summed E-state index contributed by atoms with van der Waals surface area (Å²) < 4.78 is 0. The topological polar surface area (TPSA) is 20.2 Å². The predicted octanol–water partition coefficient (Wildman–Crippen LogP) is 2.22. The maximum absolute atomic E-state index is 9.55. The lowest BCUT2D eigenvalue weighted by molar-refractivity contribution is 0.0990. The monoisotopic (exact) mass is 154 g/mol. The lowest BCUT2D eigenvalue weighted by atomic mass is 9.81. The van der Waals surface area contributed by atoms with Gasteiger partial charge in [-0.3, -0.25) is 0 Å². The highest BCUT2D eigenvalue weighted by molar-refractivity contribution is 5.01. The van der Waals surface area contributed by atoms with E-state index in [1.54, 1.807) is 0 Å². The molecule has 3 atom stereocenters. The number of aliphatic hydroxyl groups excluding tert-OH is 1. The predicted molar refractivity (Wildman–Crippen MR) is 47.3 cm³/mol. The van der Waals surface area contributed by atoms with Gasteiger partial charge in [0.1, 0.15) is 0 Å². The van der Waals surface area contributed by atoms with Crippen molar-refractivity contribution in [3.05, 3.63) is 12.2 Å². The van der Waals surface area contributed by atoms with E-state index in [2.05, 4.69) is 32.9 Å². The molecule has 1 heteroatoms. The van der Waals surface area contributed by atoms with Gasteiger partial charge in [-0.05, 0) is 24.2 Å². The average molecular weight is 154 g/mol. The summed E-state index contributed by atoms with van der Waals surface area (Å²) in [5.74, 6) is 1.60. The standard InChI is InChI=1S/C10H18O/c1-7(2)9-5-4-8(3)10(11)6-9/h4-5,7-11H,6H2,1-3H3. The molecule has 0 aromatic carbocycles. The van der Waals surface area contributed by atoms with Crippen LogP contribution >= 0.6 is 0 Å². The van der Waals surface area contributed by atoms with E-state index in [1.165, 1.54) is 0 Å². The molecule has 0 bridgehead atoms. The van der Waals surface area contributed by atoms with Gasteiger partial charge >= 0.3 is 0 Å². The van der Waals surface area contributed by atoms with Gasteiger partial charge in [-0.1, -0.05) is 32.9 Å². The molecular formula is C10H18O. The van der Waals surface area contributed by atoms with Crippen LogP contribution < -0.4 is 0 Å². The zero-order chi connectivity index (χ0) is 8.43. The Morgan fingerprint density at radius 1 is 1.36 bits per heavy atom. The maximum atomic E-state index is 9.55. The average Bonchev–Trinajstić information content (AvgIpc) is 1.94. The molecule has 0 spiro atoms. The molecule has 0 radical (unpaired) electrons. The fourth-order valence-electron chi connectivity index (χ4n) is 1.51. The molecule has 1 N–H and O–H groups in total. The summed E-state index contributed by atoms with van der Waals surface area (Å²) in [5.41, 5.74) is 0. The molecule has 1 aliphatic rings. The molecule has 1 nitrogen and oxygen atoms in total. The van der Waals surface area contributed by atoms with Crippen LogP contribution in [0.25, 0.3) is 0 Å². The summed E-state index contributed by atoms with van der Waals surface area (Å²) in [6.45, 7) is 6.48. The number of hydrogen-bond donors (Lipinski definition) is 1. The fourth-order valence-corrected chi connectivity index (χ4v) is 1.51. The van der Waals surface area contributed by atoms with E-state index in [0.717, 1.165) is 6.42 Å². The highest BCUT2D eigenvalue weighted by atomic mass is 16.3. The molecule has 3 unspecified atom stereocenters. The Kier molecular flexibility index (Phi) is 2.72. The molecule has 11 heavy (non-hydrogen) atoms. The van der Waals surface area contributed by atoms with Crippen molar-refractivity contribution in [2.24, 2.45) is 17.8 Å². The first kappa shape index (κ1) is 8.79. The second-order valence-electron chi connectivity index (χ2n) is 3.95. The van der Waals surface area contributed by atoms with Gasteiger partial charge in [0, 0.05) is 0 Å². The van der Waals surface area contributed by atoms with Crippen LogP contribution in [0.1, 0.15) is 27.2 Å². The van der Waals surface area contributed by atoms with Crippen LogP contribution in [0.2, 0.25) is 0 Å². The first-order valence-corrected chi connectivity index (χ1v) is 4.47. The summed E-state index contributed by atoms with van der Waals surface area (Å²) in [6, 6.07) is 0. The van der Waals surface area contributed by atoms with Gasteiger partial charge in [-0.2, -0.15) is 0 Å². The maximum Gasteiger partial charge on any atom is 0.0605 e. The van der Waals surface area contributed by atoms with Crippen molar-refractivity contribution >= 4 is 0 Å². The summed E-state index contributed by atoms with van der Waals surface area (Å²) in [6.07, 6.45) is 5.21. The molecule has 1 rings (SSSR count). The van der Waals surface area contributed by atoms with Gasteiger partial charge in [0.2, 0.25) is 0 Å². The highest BCUT2D eigenvalue weighted by Gasteiger charge is 2.22. The van der Waals surface area contributed by atoms with Crippen molar-refractivity contribution in [2.75, 3.05) is 0 Å². The van der Waals surface area contributed by atoms with Crippen molar-refractivity contribution in [1.29, 1.82) is 0 Å². The second kappa shape index (κ2) is 3.40.